The number of ether oxygens (including phenoxy) is 1. The van der Waals surface area contributed by atoms with Crippen LogP contribution in [-0.4, -0.2) is 17.0 Å². The van der Waals surface area contributed by atoms with E-state index in [1.165, 1.54) is 6.07 Å². The quantitative estimate of drug-likeness (QED) is 0.710. The van der Waals surface area contributed by atoms with E-state index in [9.17, 15) is 18.0 Å². The van der Waals surface area contributed by atoms with Crippen molar-refractivity contribution in [3.05, 3.63) is 46.8 Å². The molecule has 0 radical (unpaired) electrons. The zero-order valence-corrected chi connectivity index (χ0v) is 14.1. The summed E-state index contributed by atoms with van der Waals surface area (Å²) in [5.41, 5.74) is 1.22. The zero-order valence-electron chi connectivity index (χ0n) is 14.1. The molecule has 24 heavy (non-hydrogen) atoms. The Morgan fingerprint density at radius 1 is 1.25 bits per heavy atom. The van der Waals surface area contributed by atoms with Crippen molar-refractivity contribution < 1.29 is 22.7 Å². The van der Waals surface area contributed by atoms with Crippen LogP contribution in [0.5, 0.6) is 5.75 Å². The number of aldehydes is 1. The fourth-order valence-corrected chi connectivity index (χ4v) is 2.55. The number of nitrogens with zero attached hydrogens (tertiary/aromatic N) is 1. The van der Waals surface area contributed by atoms with Gasteiger partial charge in [-0.2, -0.15) is 13.2 Å². The molecule has 0 bridgehead atoms. The lowest BCUT2D eigenvalue weighted by molar-refractivity contribution is -0.137. The molecule has 130 valence electrons. The number of aromatic nitrogens is 1. The van der Waals surface area contributed by atoms with E-state index in [-0.39, 0.29) is 11.8 Å². The SMILES string of the molecule is CCC(C)Oc1ccc(C(F)(F)F)cc1-n1c(C)cc(C=O)c1C. The van der Waals surface area contributed by atoms with Crippen molar-refractivity contribution in [2.45, 2.75) is 46.4 Å². The molecule has 0 saturated carbocycles. The van der Waals surface area contributed by atoms with E-state index >= 15 is 0 Å². The maximum absolute atomic E-state index is 13.1. The van der Waals surface area contributed by atoms with Crippen LogP contribution in [0.1, 0.15) is 47.6 Å². The molecular formula is C18H20F3NO2. The average molecular weight is 339 g/mol. The van der Waals surface area contributed by atoms with E-state index in [4.69, 9.17) is 4.74 Å². The molecule has 0 aliphatic rings. The van der Waals surface area contributed by atoms with Gasteiger partial charge in [0, 0.05) is 17.0 Å². The predicted molar refractivity (Wildman–Crippen MR) is 86.0 cm³/mol. The summed E-state index contributed by atoms with van der Waals surface area (Å²) in [6.45, 7) is 7.23. The van der Waals surface area contributed by atoms with Crippen LogP contribution < -0.4 is 4.74 Å². The Bertz CT molecular complexity index is 747. The molecule has 1 unspecified atom stereocenters. The minimum atomic E-state index is -4.45. The Labute approximate surface area is 139 Å². The van der Waals surface area contributed by atoms with Crippen LogP contribution in [0.25, 0.3) is 5.69 Å². The second-order valence-electron chi connectivity index (χ2n) is 5.80. The molecule has 0 spiro atoms. The van der Waals surface area contributed by atoms with Crippen LogP contribution in [0.3, 0.4) is 0 Å². The van der Waals surface area contributed by atoms with Crippen molar-refractivity contribution in [2.24, 2.45) is 0 Å². The van der Waals surface area contributed by atoms with Gasteiger partial charge in [-0.25, -0.2) is 0 Å². The van der Waals surface area contributed by atoms with Gasteiger partial charge in [0.25, 0.3) is 0 Å². The maximum Gasteiger partial charge on any atom is 0.416 e. The van der Waals surface area contributed by atoms with Crippen molar-refractivity contribution in [3.8, 4) is 11.4 Å². The molecule has 2 aromatic rings. The van der Waals surface area contributed by atoms with Crippen LogP contribution in [0.2, 0.25) is 0 Å². The smallest absolute Gasteiger partial charge is 0.416 e. The highest BCUT2D eigenvalue weighted by atomic mass is 19.4. The molecule has 0 aliphatic carbocycles. The molecule has 1 atom stereocenters. The lowest BCUT2D eigenvalue weighted by atomic mass is 10.1. The molecule has 1 heterocycles. The summed E-state index contributed by atoms with van der Waals surface area (Å²) in [6, 6.07) is 5.06. The fourth-order valence-electron chi connectivity index (χ4n) is 2.55. The van der Waals surface area contributed by atoms with Gasteiger partial charge in [0.05, 0.1) is 17.4 Å². The largest absolute Gasteiger partial charge is 0.489 e. The van der Waals surface area contributed by atoms with E-state index in [1.807, 2.05) is 13.8 Å². The summed E-state index contributed by atoms with van der Waals surface area (Å²) in [7, 11) is 0. The van der Waals surface area contributed by atoms with Gasteiger partial charge in [0.1, 0.15) is 5.75 Å². The highest BCUT2D eigenvalue weighted by Gasteiger charge is 2.32. The first kappa shape index (κ1) is 18.1. The molecule has 0 saturated heterocycles. The number of hydrogen-bond donors (Lipinski definition) is 0. The number of carbonyl (C=O) groups excluding carboxylic acids is 1. The number of rotatable bonds is 5. The lowest BCUT2D eigenvalue weighted by Crippen LogP contribution is -2.14. The first-order valence-corrected chi connectivity index (χ1v) is 7.71. The van der Waals surface area contributed by atoms with Gasteiger partial charge in [0.15, 0.2) is 6.29 Å². The minimum Gasteiger partial charge on any atom is -0.489 e. The molecule has 0 fully saturated rings. The van der Waals surface area contributed by atoms with Gasteiger partial charge in [-0.05, 0) is 51.5 Å². The molecule has 3 nitrogen and oxygen atoms in total. The molecule has 0 aliphatic heterocycles. The standard InChI is InChI=1S/C18H20F3NO2/c1-5-12(3)24-17-7-6-15(18(19,20)21)9-16(17)22-11(2)8-14(10-23)13(22)4/h6-10,12H,5H2,1-4H3. The van der Waals surface area contributed by atoms with Gasteiger partial charge in [-0.15, -0.1) is 0 Å². The minimum absolute atomic E-state index is 0.137. The Hall–Kier alpha value is -2.24. The van der Waals surface area contributed by atoms with E-state index in [2.05, 4.69) is 0 Å². The van der Waals surface area contributed by atoms with Crippen molar-refractivity contribution in [1.82, 2.24) is 4.57 Å². The van der Waals surface area contributed by atoms with Crippen LogP contribution in [-0.2, 0) is 6.18 Å². The first-order chi connectivity index (χ1) is 11.2. The Morgan fingerprint density at radius 2 is 1.92 bits per heavy atom. The summed E-state index contributed by atoms with van der Waals surface area (Å²) in [4.78, 5) is 11.1. The number of alkyl halides is 3. The van der Waals surface area contributed by atoms with E-state index < -0.39 is 11.7 Å². The van der Waals surface area contributed by atoms with Crippen molar-refractivity contribution >= 4 is 6.29 Å². The van der Waals surface area contributed by atoms with Crippen LogP contribution in [0.15, 0.2) is 24.3 Å². The van der Waals surface area contributed by atoms with E-state index in [1.54, 1.807) is 24.5 Å². The van der Waals surface area contributed by atoms with Crippen LogP contribution in [0.4, 0.5) is 13.2 Å². The van der Waals surface area contributed by atoms with Crippen molar-refractivity contribution in [3.63, 3.8) is 0 Å². The summed E-state index contributed by atoms with van der Waals surface area (Å²) in [6.07, 6.45) is -3.17. The maximum atomic E-state index is 13.1. The third-order valence-electron chi connectivity index (χ3n) is 4.03. The summed E-state index contributed by atoms with van der Waals surface area (Å²) >= 11 is 0. The van der Waals surface area contributed by atoms with Crippen LogP contribution >= 0.6 is 0 Å². The number of aryl methyl sites for hydroxylation is 1. The van der Waals surface area contributed by atoms with Crippen LogP contribution in [0, 0.1) is 13.8 Å². The first-order valence-electron chi connectivity index (χ1n) is 7.71. The number of hydrogen-bond acceptors (Lipinski definition) is 2. The average Bonchev–Trinajstić information content (AvgIpc) is 2.80. The normalized spacial score (nSPS) is 13.0. The van der Waals surface area contributed by atoms with Gasteiger partial charge < -0.3 is 9.30 Å². The summed E-state index contributed by atoms with van der Waals surface area (Å²) < 4.78 is 46.7. The lowest BCUT2D eigenvalue weighted by Gasteiger charge is -2.20. The van der Waals surface area contributed by atoms with Crippen molar-refractivity contribution in [1.29, 1.82) is 0 Å². The van der Waals surface area contributed by atoms with E-state index in [0.717, 1.165) is 18.6 Å². The van der Waals surface area contributed by atoms with Gasteiger partial charge in [0.2, 0.25) is 0 Å². The topological polar surface area (TPSA) is 31.2 Å². The Morgan fingerprint density at radius 3 is 2.42 bits per heavy atom. The summed E-state index contributed by atoms with van der Waals surface area (Å²) in [5, 5.41) is 0. The Kier molecular flexibility index (Phi) is 5.06. The third-order valence-corrected chi connectivity index (χ3v) is 4.03. The second-order valence-corrected chi connectivity index (χ2v) is 5.80. The van der Waals surface area contributed by atoms with Gasteiger partial charge >= 0.3 is 6.18 Å². The van der Waals surface area contributed by atoms with Crippen molar-refractivity contribution in [2.75, 3.05) is 0 Å². The number of halogens is 3. The molecule has 0 N–H and O–H groups in total. The van der Waals surface area contributed by atoms with Gasteiger partial charge in [-0.1, -0.05) is 6.92 Å². The predicted octanol–water partition coefficient (Wildman–Crippen LogP) is 5.10. The Balaban J connectivity index is 2.68. The highest BCUT2D eigenvalue weighted by Crippen LogP contribution is 2.36. The molecule has 2 rings (SSSR count). The molecule has 1 aromatic heterocycles. The molecule has 0 amide bonds. The number of carbonyl (C=O) groups is 1. The molecular weight excluding hydrogens is 319 g/mol. The fraction of sp³-hybridized carbons (Fsp3) is 0.389. The second kappa shape index (κ2) is 6.71. The van der Waals surface area contributed by atoms with E-state index in [0.29, 0.717) is 29.0 Å². The zero-order chi connectivity index (χ0) is 18.1. The third kappa shape index (κ3) is 3.47. The monoisotopic (exact) mass is 339 g/mol. The number of benzene rings is 1. The highest BCUT2D eigenvalue weighted by molar-refractivity contribution is 5.78. The molecule has 6 heteroatoms. The summed E-state index contributed by atoms with van der Waals surface area (Å²) in [5.74, 6) is 0.358. The molecule has 1 aromatic carbocycles. The van der Waals surface area contributed by atoms with Gasteiger partial charge in [-0.3, -0.25) is 4.79 Å².